The lowest BCUT2D eigenvalue weighted by Gasteiger charge is -2.18. The van der Waals surface area contributed by atoms with E-state index < -0.39 is 5.60 Å². The quantitative estimate of drug-likeness (QED) is 0.591. The standard InChI is InChI=1S/C16H22O2/c1-13(14-10-6-5-7-11-14)9-8-12-15(17)18-16(2,3)4/h5-11,13H,12H2,1-4H3/b9-8-. The molecule has 1 aromatic carbocycles. The fourth-order valence-electron chi connectivity index (χ4n) is 1.62. The van der Waals surface area contributed by atoms with E-state index in [1.54, 1.807) is 0 Å². The third kappa shape index (κ3) is 5.67. The number of allylic oxidation sites excluding steroid dienone is 1. The van der Waals surface area contributed by atoms with E-state index in [9.17, 15) is 4.79 Å². The molecule has 0 aromatic heterocycles. The maximum absolute atomic E-state index is 11.5. The molecular formula is C16H22O2. The summed E-state index contributed by atoms with van der Waals surface area (Å²) in [5.74, 6) is 0.132. The van der Waals surface area contributed by atoms with Gasteiger partial charge in [0.15, 0.2) is 0 Å². The predicted octanol–water partition coefficient (Wildman–Crippen LogP) is 4.08. The molecule has 0 aliphatic rings. The second kappa shape index (κ2) is 6.39. The van der Waals surface area contributed by atoms with Crippen molar-refractivity contribution in [2.45, 2.75) is 45.6 Å². The van der Waals surface area contributed by atoms with Crippen LogP contribution in [0.5, 0.6) is 0 Å². The van der Waals surface area contributed by atoms with Gasteiger partial charge >= 0.3 is 5.97 Å². The van der Waals surface area contributed by atoms with Crippen LogP contribution in [0.2, 0.25) is 0 Å². The maximum Gasteiger partial charge on any atom is 0.310 e. The van der Waals surface area contributed by atoms with E-state index >= 15 is 0 Å². The lowest BCUT2D eigenvalue weighted by molar-refractivity contribution is -0.153. The Morgan fingerprint density at radius 3 is 2.44 bits per heavy atom. The van der Waals surface area contributed by atoms with Crippen molar-refractivity contribution in [3.63, 3.8) is 0 Å². The lowest BCUT2D eigenvalue weighted by Crippen LogP contribution is -2.23. The van der Waals surface area contributed by atoms with Crippen LogP contribution in [-0.4, -0.2) is 11.6 Å². The van der Waals surface area contributed by atoms with E-state index in [2.05, 4.69) is 19.1 Å². The summed E-state index contributed by atoms with van der Waals surface area (Å²) in [6, 6.07) is 10.2. The molecule has 0 radical (unpaired) electrons. The Labute approximate surface area is 110 Å². The molecule has 2 nitrogen and oxygen atoms in total. The topological polar surface area (TPSA) is 26.3 Å². The minimum atomic E-state index is -0.407. The molecule has 0 amide bonds. The highest BCUT2D eigenvalue weighted by molar-refractivity contribution is 5.71. The Morgan fingerprint density at radius 1 is 1.28 bits per heavy atom. The zero-order valence-corrected chi connectivity index (χ0v) is 11.6. The van der Waals surface area contributed by atoms with Gasteiger partial charge in [0.2, 0.25) is 0 Å². The Hall–Kier alpha value is -1.57. The first-order chi connectivity index (χ1) is 8.38. The van der Waals surface area contributed by atoms with Gasteiger partial charge < -0.3 is 4.74 Å². The second-order valence-electron chi connectivity index (χ2n) is 5.42. The Morgan fingerprint density at radius 2 is 1.89 bits per heavy atom. The largest absolute Gasteiger partial charge is 0.460 e. The molecule has 0 saturated carbocycles. The minimum Gasteiger partial charge on any atom is -0.460 e. The zero-order valence-electron chi connectivity index (χ0n) is 11.6. The Kier molecular flexibility index (Phi) is 5.14. The molecule has 0 N–H and O–H groups in total. The molecule has 0 heterocycles. The maximum atomic E-state index is 11.5. The van der Waals surface area contributed by atoms with Gasteiger partial charge in [-0.1, -0.05) is 49.4 Å². The number of rotatable bonds is 4. The highest BCUT2D eigenvalue weighted by Crippen LogP contribution is 2.16. The number of hydrogen-bond acceptors (Lipinski definition) is 2. The molecule has 98 valence electrons. The molecule has 0 saturated heterocycles. The third-order valence-corrected chi connectivity index (χ3v) is 2.45. The summed E-state index contributed by atoms with van der Waals surface area (Å²) in [7, 11) is 0. The van der Waals surface area contributed by atoms with E-state index in [1.165, 1.54) is 5.56 Å². The van der Waals surface area contributed by atoms with Crippen LogP contribution in [-0.2, 0) is 9.53 Å². The van der Waals surface area contributed by atoms with Crippen molar-refractivity contribution in [3.8, 4) is 0 Å². The van der Waals surface area contributed by atoms with Gasteiger partial charge in [0.25, 0.3) is 0 Å². The van der Waals surface area contributed by atoms with E-state index in [4.69, 9.17) is 4.74 Å². The van der Waals surface area contributed by atoms with Crippen molar-refractivity contribution in [2.75, 3.05) is 0 Å². The van der Waals surface area contributed by atoms with E-state index in [0.29, 0.717) is 12.3 Å². The summed E-state index contributed by atoms with van der Waals surface area (Å²) < 4.78 is 5.24. The number of benzene rings is 1. The average molecular weight is 246 g/mol. The normalized spacial score (nSPS) is 13.6. The monoisotopic (exact) mass is 246 g/mol. The fourth-order valence-corrected chi connectivity index (χ4v) is 1.62. The van der Waals surface area contributed by atoms with Crippen LogP contribution in [0.4, 0.5) is 0 Å². The van der Waals surface area contributed by atoms with Gasteiger partial charge in [-0.15, -0.1) is 0 Å². The van der Waals surface area contributed by atoms with Crippen molar-refractivity contribution < 1.29 is 9.53 Å². The van der Waals surface area contributed by atoms with E-state index in [0.717, 1.165) is 0 Å². The van der Waals surface area contributed by atoms with Crippen molar-refractivity contribution in [2.24, 2.45) is 0 Å². The SMILES string of the molecule is CC(/C=C\CC(=O)OC(C)(C)C)c1ccccc1. The van der Waals surface area contributed by atoms with Crippen molar-refractivity contribution in [1.82, 2.24) is 0 Å². The first kappa shape index (κ1) is 14.5. The summed E-state index contributed by atoms with van der Waals surface area (Å²) in [6.45, 7) is 7.74. The Balaban J connectivity index is 2.44. The molecule has 1 aromatic rings. The third-order valence-electron chi connectivity index (χ3n) is 2.45. The molecular weight excluding hydrogens is 224 g/mol. The molecule has 1 unspecified atom stereocenters. The number of carbonyl (C=O) groups is 1. The highest BCUT2D eigenvalue weighted by Gasteiger charge is 2.14. The van der Waals surface area contributed by atoms with Gasteiger partial charge in [-0.05, 0) is 32.3 Å². The van der Waals surface area contributed by atoms with Gasteiger partial charge in [-0.3, -0.25) is 4.79 Å². The summed E-state index contributed by atoms with van der Waals surface area (Å²) in [5.41, 5.74) is 0.841. The van der Waals surface area contributed by atoms with E-state index in [1.807, 2.05) is 51.1 Å². The molecule has 1 rings (SSSR count). The zero-order chi connectivity index (χ0) is 13.6. The predicted molar refractivity (Wildman–Crippen MR) is 74.5 cm³/mol. The number of esters is 1. The van der Waals surface area contributed by atoms with Gasteiger partial charge in [-0.25, -0.2) is 0 Å². The van der Waals surface area contributed by atoms with Crippen LogP contribution in [0.25, 0.3) is 0 Å². The molecule has 0 bridgehead atoms. The lowest BCUT2D eigenvalue weighted by atomic mass is 10.0. The van der Waals surface area contributed by atoms with Crippen LogP contribution in [0, 0.1) is 0 Å². The highest BCUT2D eigenvalue weighted by atomic mass is 16.6. The van der Waals surface area contributed by atoms with Gasteiger partial charge in [0.05, 0.1) is 6.42 Å². The molecule has 0 spiro atoms. The van der Waals surface area contributed by atoms with Crippen LogP contribution in [0.15, 0.2) is 42.5 Å². The number of hydrogen-bond donors (Lipinski definition) is 0. The molecule has 0 fully saturated rings. The number of carbonyl (C=O) groups excluding carboxylic acids is 1. The average Bonchev–Trinajstić information content (AvgIpc) is 2.27. The van der Waals surface area contributed by atoms with Crippen LogP contribution in [0.1, 0.15) is 45.6 Å². The van der Waals surface area contributed by atoms with Gasteiger partial charge in [0, 0.05) is 0 Å². The molecule has 18 heavy (non-hydrogen) atoms. The number of ether oxygens (including phenoxy) is 1. The van der Waals surface area contributed by atoms with Gasteiger partial charge in [0.1, 0.15) is 5.60 Å². The summed E-state index contributed by atoms with van der Waals surface area (Å²) >= 11 is 0. The smallest absolute Gasteiger partial charge is 0.310 e. The van der Waals surface area contributed by atoms with Crippen LogP contribution >= 0.6 is 0 Å². The molecule has 1 atom stereocenters. The summed E-state index contributed by atoms with van der Waals surface area (Å²) in [4.78, 5) is 11.5. The first-order valence-corrected chi connectivity index (χ1v) is 6.32. The van der Waals surface area contributed by atoms with Crippen LogP contribution < -0.4 is 0 Å². The molecule has 2 heteroatoms. The first-order valence-electron chi connectivity index (χ1n) is 6.32. The van der Waals surface area contributed by atoms with Crippen molar-refractivity contribution in [3.05, 3.63) is 48.0 Å². The molecule has 0 aliphatic carbocycles. The Bertz CT molecular complexity index is 399. The minimum absolute atomic E-state index is 0.181. The van der Waals surface area contributed by atoms with E-state index in [-0.39, 0.29) is 5.97 Å². The summed E-state index contributed by atoms with van der Waals surface area (Å²) in [6.07, 6.45) is 4.25. The van der Waals surface area contributed by atoms with Crippen LogP contribution in [0.3, 0.4) is 0 Å². The molecule has 0 aliphatic heterocycles. The summed E-state index contributed by atoms with van der Waals surface area (Å²) in [5, 5.41) is 0. The fraction of sp³-hybridized carbons (Fsp3) is 0.438. The second-order valence-corrected chi connectivity index (χ2v) is 5.42. The van der Waals surface area contributed by atoms with Crippen molar-refractivity contribution in [1.29, 1.82) is 0 Å². The van der Waals surface area contributed by atoms with Gasteiger partial charge in [-0.2, -0.15) is 0 Å². The van der Waals surface area contributed by atoms with Crippen molar-refractivity contribution >= 4 is 5.97 Å².